The van der Waals surface area contributed by atoms with Gasteiger partial charge < -0.3 is 9.84 Å². The zero-order chi connectivity index (χ0) is 12.1. The van der Waals surface area contributed by atoms with E-state index in [1.165, 1.54) is 0 Å². The maximum absolute atomic E-state index is 10.8. The average molecular weight is 220 g/mol. The molecule has 0 saturated heterocycles. The number of ether oxygens (including phenoxy) is 1. The number of carboxylic acids is 1. The largest absolute Gasteiger partial charge is 0.494 e. The fourth-order valence-corrected chi connectivity index (χ4v) is 1.34. The monoisotopic (exact) mass is 220 g/mol. The molecule has 3 nitrogen and oxygen atoms in total. The van der Waals surface area contributed by atoms with Gasteiger partial charge in [0.2, 0.25) is 0 Å². The van der Waals surface area contributed by atoms with Crippen LogP contribution in [0.15, 0.2) is 29.8 Å². The van der Waals surface area contributed by atoms with Crippen molar-refractivity contribution in [3.8, 4) is 5.75 Å². The maximum Gasteiger partial charge on any atom is 0.331 e. The number of carboxylic acid groups (broad SMARTS) is 1. The van der Waals surface area contributed by atoms with Crippen LogP contribution in [0.25, 0.3) is 5.57 Å². The van der Waals surface area contributed by atoms with Gasteiger partial charge in [-0.05, 0) is 44.0 Å². The normalized spacial score (nSPS) is 11.9. The molecule has 16 heavy (non-hydrogen) atoms. The number of aliphatic carboxylic acids is 1. The van der Waals surface area contributed by atoms with E-state index >= 15 is 0 Å². The first-order valence-corrected chi connectivity index (χ1v) is 5.20. The van der Waals surface area contributed by atoms with E-state index in [9.17, 15) is 4.79 Å². The standard InChI is InChI=1S/C13H16O3/c1-4-16-12-7-5-11(6-8-12)9(2)10(3)13(14)15/h5-8H,4H2,1-3H3,(H,14,15). The third kappa shape index (κ3) is 2.86. The highest BCUT2D eigenvalue weighted by atomic mass is 16.5. The van der Waals surface area contributed by atoms with Crippen LogP contribution in [-0.4, -0.2) is 17.7 Å². The second kappa shape index (κ2) is 5.35. The van der Waals surface area contributed by atoms with Crippen molar-refractivity contribution in [2.75, 3.05) is 6.61 Å². The van der Waals surface area contributed by atoms with E-state index in [1.807, 2.05) is 31.2 Å². The number of hydrogen-bond acceptors (Lipinski definition) is 2. The molecule has 0 saturated carbocycles. The smallest absolute Gasteiger partial charge is 0.331 e. The molecule has 0 radical (unpaired) electrons. The molecule has 1 rings (SSSR count). The first-order valence-electron chi connectivity index (χ1n) is 5.20. The molecule has 1 N–H and O–H groups in total. The number of carbonyl (C=O) groups is 1. The third-order valence-electron chi connectivity index (χ3n) is 2.48. The molecule has 0 heterocycles. The molecule has 0 aliphatic rings. The first-order chi connectivity index (χ1) is 7.56. The Bertz CT molecular complexity index is 402. The molecular weight excluding hydrogens is 204 g/mol. The lowest BCUT2D eigenvalue weighted by molar-refractivity contribution is -0.132. The van der Waals surface area contributed by atoms with Crippen molar-refractivity contribution in [3.05, 3.63) is 35.4 Å². The van der Waals surface area contributed by atoms with E-state index < -0.39 is 5.97 Å². The van der Waals surface area contributed by atoms with Gasteiger partial charge in [0.05, 0.1) is 6.61 Å². The van der Waals surface area contributed by atoms with Crippen molar-refractivity contribution in [2.24, 2.45) is 0 Å². The maximum atomic E-state index is 10.8. The van der Waals surface area contributed by atoms with Gasteiger partial charge in [0.25, 0.3) is 0 Å². The SMILES string of the molecule is CCOc1ccc(C(C)=C(C)C(=O)O)cc1. The number of rotatable bonds is 4. The second-order valence-electron chi connectivity index (χ2n) is 3.51. The van der Waals surface area contributed by atoms with Gasteiger partial charge in [-0.3, -0.25) is 0 Å². The Morgan fingerprint density at radius 3 is 2.25 bits per heavy atom. The van der Waals surface area contributed by atoms with E-state index in [0.717, 1.165) is 16.9 Å². The predicted octanol–water partition coefficient (Wildman–Crippen LogP) is 2.96. The minimum Gasteiger partial charge on any atom is -0.494 e. The molecule has 0 unspecified atom stereocenters. The lowest BCUT2D eigenvalue weighted by Gasteiger charge is -2.06. The molecule has 0 aliphatic heterocycles. The molecule has 1 aromatic rings. The summed E-state index contributed by atoms with van der Waals surface area (Å²) >= 11 is 0. The van der Waals surface area contributed by atoms with Gasteiger partial charge in [-0.2, -0.15) is 0 Å². The Labute approximate surface area is 95.4 Å². The Morgan fingerprint density at radius 1 is 1.25 bits per heavy atom. The van der Waals surface area contributed by atoms with E-state index in [0.29, 0.717) is 12.2 Å². The zero-order valence-corrected chi connectivity index (χ0v) is 9.78. The number of hydrogen-bond donors (Lipinski definition) is 1. The summed E-state index contributed by atoms with van der Waals surface area (Å²) in [6, 6.07) is 7.43. The van der Waals surface area contributed by atoms with Gasteiger partial charge in [0.1, 0.15) is 5.75 Å². The van der Waals surface area contributed by atoms with Crippen molar-refractivity contribution in [3.63, 3.8) is 0 Å². The minimum absolute atomic E-state index is 0.365. The Kier molecular flexibility index (Phi) is 4.11. The summed E-state index contributed by atoms with van der Waals surface area (Å²) < 4.78 is 5.32. The summed E-state index contributed by atoms with van der Waals surface area (Å²) in [6.45, 7) is 5.96. The molecule has 86 valence electrons. The fourth-order valence-electron chi connectivity index (χ4n) is 1.34. The quantitative estimate of drug-likeness (QED) is 0.793. The van der Waals surface area contributed by atoms with Gasteiger partial charge in [0.15, 0.2) is 0 Å². The average Bonchev–Trinajstić information content (AvgIpc) is 2.28. The second-order valence-corrected chi connectivity index (χ2v) is 3.51. The van der Waals surface area contributed by atoms with Crippen LogP contribution < -0.4 is 4.74 Å². The van der Waals surface area contributed by atoms with Crippen LogP contribution >= 0.6 is 0 Å². The van der Waals surface area contributed by atoms with E-state index in [1.54, 1.807) is 13.8 Å². The van der Waals surface area contributed by atoms with Crippen molar-refractivity contribution < 1.29 is 14.6 Å². The fraction of sp³-hybridized carbons (Fsp3) is 0.308. The van der Waals surface area contributed by atoms with Crippen LogP contribution in [0.3, 0.4) is 0 Å². The molecule has 0 aliphatic carbocycles. The summed E-state index contributed by atoms with van der Waals surface area (Å²) in [4.78, 5) is 10.8. The highest BCUT2D eigenvalue weighted by Gasteiger charge is 2.06. The summed E-state index contributed by atoms with van der Waals surface area (Å²) in [5.41, 5.74) is 2.04. The lowest BCUT2D eigenvalue weighted by Crippen LogP contribution is -1.99. The zero-order valence-electron chi connectivity index (χ0n) is 9.78. The molecule has 0 spiro atoms. The Morgan fingerprint density at radius 2 is 1.81 bits per heavy atom. The first kappa shape index (κ1) is 12.3. The van der Waals surface area contributed by atoms with Crippen molar-refractivity contribution in [2.45, 2.75) is 20.8 Å². The molecule has 0 aromatic heterocycles. The molecule has 0 atom stereocenters. The van der Waals surface area contributed by atoms with Crippen LogP contribution in [-0.2, 0) is 4.79 Å². The molecule has 3 heteroatoms. The highest BCUT2D eigenvalue weighted by Crippen LogP contribution is 2.21. The van der Waals surface area contributed by atoms with Crippen molar-refractivity contribution >= 4 is 11.5 Å². The molecule has 0 fully saturated rings. The third-order valence-corrected chi connectivity index (χ3v) is 2.48. The van der Waals surface area contributed by atoms with E-state index in [4.69, 9.17) is 9.84 Å². The predicted molar refractivity (Wildman–Crippen MR) is 63.5 cm³/mol. The lowest BCUT2D eigenvalue weighted by atomic mass is 10.0. The van der Waals surface area contributed by atoms with Gasteiger partial charge in [-0.15, -0.1) is 0 Å². The van der Waals surface area contributed by atoms with Crippen LogP contribution in [0.4, 0.5) is 0 Å². The summed E-state index contributed by atoms with van der Waals surface area (Å²) in [5, 5.41) is 8.87. The summed E-state index contributed by atoms with van der Waals surface area (Å²) in [5.74, 6) is -0.0848. The van der Waals surface area contributed by atoms with Crippen molar-refractivity contribution in [1.29, 1.82) is 0 Å². The minimum atomic E-state index is -0.883. The Balaban J connectivity index is 2.98. The van der Waals surface area contributed by atoms with E-state index in [2.05, 4.69) is 0 Å². The highest BCUT2D eigenvalue weighted by molar-refractivity contribution is 5.95. The summed E-state index contributed by atoms with van der Waals surface area (Å²) in [6.07, 6.45) is 0. The van der Waals surface area contributed by atoms with Crippen LogP contribution in [0.2, 0.25) is 0 Å². The van der Waals surface area contributed by atoms with Crippen LogP contribution in [0.5, 0.6) is 5.75 Å². The Hall–Kier alpha value is -1.77. The molecular formula is C13H16O3. The van der Waals surface area contributed by atoms with Crippen LogP contribution in [0.1, 0.15) is 26.3 Å². The summed E-state index contributed by atoms with van der Waals surface area (Å²) in [7, 11) is 0. The van der Waals surface area contributed by atoms with Crippen LogP contribution in [0, 0.1) is 0 Å². The van der Waals surface area contributed by atoms with Gasteiger partial charge in [0, 0.05) is 5.57 Å². The number of allylic oxidation sites excluding steroid dienone is 1. The topological polar surface area (TPSA) is 46.5 Å². The van der Waals surface area contributed by atoms with Gasteiger partial charge >= 0.3 is 5.97 Å². The van der Waals surface area contributed by atoms with E-state index in [-0.39, 0.29) is 0 Å². The van der Waals surface area contributed by atoms with Crippen molar-refractivity contribution in [1.82, 2.24) is 0 Å². The molecule has 1 aromatic carbocycles. The van der Waals surface area contributed by atoms with Gasteiger partial charge in [-0.1, -0.05) is 12.1 Å². The number of benzene rings is 1. The van der Waals surface area contributed by atoms with Gasteiger partial charge in [-0.25, -0.2) is 4.79 Å². The molecule has 0 amide bonds. The molecule has 0 bridgehead atoms.